The molecule has 18 heavy (non-hydrogen) atoms. The highest BCUT2D eigenvalue weighted by Gasteiger charge is 2.22. The summed E-state index contributed by atoms with van der Waals surface area (Å²) in [5, 5.41) is 3.21. The molecular formula is C12H15BrClFN2O. The van der Waals surface area contributed by atoms with Crippen molar-refractivity contribution in [3.05, 3.63) is 34.1 Å². The highest BCUT2D eigenvalue weighted by Crippen LogP contribution is 2.21. The third-order valence-electron chi connectivity index (χ3n) is 2.80. The van der Waals surface area contributed by atoms with E-state index < -0.39 is 5.82 Å². The third kappa shape index (κ3) is 3.43. The summed E-state index contributed by atoms with van der Waals surface area (Å²) in [5.74, 6) is -0.708. The Bertz CT molecular complexity index is 402. The number of halogens is 3. The van der Waals surface area contributed by atoms with Gasteiger partial charge in [-0.15, -0.1) is 12.4 Å². The second-order valence-corrected chi connectivity index (χ2v) is 4.85. The van der Waals surface area contributed by atoms with E-state index >= 15 is 0 Å². The van der Waals surface area contributed by atoms with Crippen LogP contribution in [0, 0.1) is 5.82 Å². The van der Waals surface area contributed by atoms with Crippen LogP contribution in [0.5, 0.6) is 0 Å². The van der Waals surface area contributed by atoms with Crippen LogP contribution in [-0.2, 0) is 0 Å². The van der Waals surface area contributed by atoms with Crippen molar-refractivity contribution >= 4 is 34.2 Å². The molecule has 0 radical (unpaired) electrons. The molecule has 0 aromatic heterocycles. The van der Waals surface area contributed by atoms with Gasteiger partial charge >= 0.3 is 0 Å². The third-order valence-corrected chi connectivity index (χ3v) is 3.46. The van der Waals surface area contributed by atoms with Crippen molar-refractivity contribution in [2.45, 2.75) is 6.42 Å². The number of carbonyl (C=O) groups excluding carboxylic acids is 1. The van der Waals surface area contributed by atoms with Gasteiger partial charge in [-0.05, 0) is 41.0 Å². The maximum Gasteiger partial charge on any atom is 0.258 e. The fourth-order valence-corrected chi connectivity index (χ4v) is 2.42. The molecule has 0 saturated carbocycles. The van der Waals surface area contributed by atoms with Crippen LogP contribution in [0.25, 0.3) is 0 Å². The number of nitrogens with zero attached hydrogens (tertiary/aromatic N) is 1. The molecule has 0 bridgehead atoms. The van der Waals surface area contributed by atoms with E-state index in [1.807, 2.05) is 0 Å². The molecule has 6 heteroatoms. The van der Waals surface area contributed by atoms with Crippen LogP contribution in [0.1, 0.15) is 16.8 Å². The maximum atomic E-state index is 13.7. The molecule has 1 N–H and O–H groups in total. The first-order chi connectivity index (χ1) is 8.20. The monoisotopic (exact) mass is 336 g/mol. The van der Waals surface area contributed by atoms with E-state index in [1.54, 1.807) is 17.0 Å². The van der Waals surface area contributed by atoms with Gasteiger partial charge in [-0.25, -0.2) is 4.39 Å². The van der Waals surface area contributed by atoms with Crippen molar-refractivity contribution in [2.24, 2.45) is 0 Å². The smallest absolute Gasteiger partial charge is 0.258 e. The lowest BCUT2D eigenvalue weighted by molar-refractivity contribution is 0.0760. The van der Waals surface area contributed by atoms with E-state index in [2.05, 4.69) is 21.2 Å². The molecule has 0 unspecified atom stereocenters. The Morgan fingerprint density at radius 3 is 2.83 bits per heavy atom. The molecule has 1 aromatic carbocycles. The number of rotatable bonds is 1. The Hall–Kier alpha value is -0.650. The van der Waals surface area contributed by atoms with Crippen molar-refractivity contribution in [1.82, 2.24) is 10.2 Å². The van der Waals surface area contributed by atoms with E-state index in [4.69, 9.17) is 0 Å². The summed E-state index contributed by atoms with van der Waals surface area (Å²) in [5.41, 5.74) is 0.134. The lowest BCUT2D eigenvalue weighted by Crippen LogP contribution is -2.34. The average molecular weight is 338 g/mol. The zero-order chi connectivity index (χ0) is 12.3. The van der Waals surface area contributed by atoms with E-state index in [9.17, 15) is 9.18 Å². The Morgan fingerprint density at radius 2 is 2.11 bits per heavy atom. The molecular weight excluding hydrogens is 323 g/mol. The standard InChI is InChI=1S/C12H14BrFN2O.ClH/c13-9-3-1-4-10(14)11(9)12(17)16-7-2-5-15-6-8-16;/h1,3-4,15H,2,5-8H2;1H. The molecule has 1 heterocycles. The minimum absolute atomic E-state index is 0. The van der Waals surface area contributed by atoms with E-state index in [-0.39, 0.29) is 23.9 Å². The van der Waals surface area contributed by atoms with E-state index in [0.29, 0.717) is 17.6 Å². The van der Waals surface area contributed by atoms with Gasteiger partial charge in [0, 0.05) is 24.1 Å². The number of amides is 1. The Morgan fingerprint density at radius 1 is 1.33 bits per heavy atom. The molecule has 1 aliphatic heterocycles. The highest BCUT2D eigenvalue weighted by atomic mass is 79.9. The van der Waals surface area contributed by atoms with Gasteiger partial charge in [-0.3, -0.25) is 4.79 Å². The number of hydrogen-bond donors (Lipinski definition) is 1. The SMILES string of the molecule is Cl.O=C(c1c(F)cccc1Br)N1CCCNCC1. The molecule has 0 spiro atoms. The van der Waals surface area contributed by atoms with Gasteiger partial charge in [-0.2, -0.15) is 0 Å². The highest BCUT2D eigenvalue weighted by molar-refractivity contribution is 9.10. The van der Waals surface area contributed by atoms with Crippen molar-refractivity contribution in [2.75, 3.05) is 26.2 Å². The fourth-order valence-electron chi connectivity index (χ4n) is 1.91. The molecule has 3 nitrogen and oxygen atoms in total. The maximum absolute atomic E-state index is 13.7. The first-order valence-corrected chi connectivity index (χ1v) is 6.43. The average Bonchev–Trinajstić information content (AvgIpc) is 2.57. The summed E-state index contributed by atoms with van der Waals surface area (Å²) in [6.07, 6.45) is 0.901. The van der Waals surface area contributed by atoms with Crippen LogP contribution < -0.4 is 5.32 Å². The van der Waals surface area contributed by atoms with Crippen molar-refractivity contribution in [3.63, 3.8) is 0 Å². The van der Waals surface area contributed by atoms with Crippen LogP contribution >= 0.6 is 28.3 Å². The van der Waals surface area contributed by atoms with Crippen LogP contribution in [0.15, 0.2) is 22.7 Å². The topological polar surface area (TPSA) is 32.3 Å². The van der Waals surface area contributed by atoms with E-state index in [0.717, 1.165) is 19.5 Å². The largest absolute Gasteiger partial charge is 0.337 e. The summed E-state index contributed by atoms with van der Waals surface area (Å²) in [4.78, 5) is 13.9. The number of hydrogen-bond acceptors (Lipinski definition) is 2. The van der Waals surface area contributed by atoms with Crippen molar-refractivity contribution < 1.29 is 9.18 Å². The van der Waals surface area contributed by atoms with Crippen molar-refractivity contribution in [3.8, 4) is 0 Å². The summed E-state index contributed by atoms with van der Waals surface area (Å²) in [6, 6.07) is 4.58. The van der Waals surface area contributed by atoms with Crippen LogP contribution in [0.2, 0.25) is 0 Å². The minimum Gasteiger partial charge on any atom is -0.337 e. The van der Waals surface area contributed by atoms with Crippen LogP contribution in [0.4, 0.5) is 4.39 Å². The Kier molecular flexibility index (Phi) is 6.05. The lowest BCUT2D eigenvalue weighted by Gasteiger charge is -2.20. The van der Waals surface area contributed by atoms with Gasteiger partial charge in [0.1, 0.15) is 5.82 Å². The normalized spacial score (nSPS) is 15.8. The number of carbonyl (C=O) groups is 1. The van der Waals surface area contributed by atoms with Gasteiger partial charge in [0.25, 0.3) is 5.91 Å². The predicted molar refractivity (Wildman–Crippen MR) is 74.7 cm³/mol. The Labute approximate surface area is 120 Å². The van der Waals surface area contributed by atoms with Crippen LogP contribution in [0.3, 0.4) is 0 Å². The quantitative estimate of drug-likeness (QED) is 0.854. The fraction of sp³-hybridized carbons (Fsp3) is 0.417. The summed E-state index contributed by atoms with van der Waals surface area (Å²) in [6.45, 7) is 2.96. The van der Waals surface area contributed by atoms with Gasteiger partial charge in [-0.1, -0.05) is 6.07 Å². The molecule has 1 saturated heterocycles. The van der Waals surface area contributed by atoms with Gasteiger partial charge in [0.2, 0.25) is 0 Å². The molecule has 1 aliphatic rings. The minimum atomic E-state index is -0.471. The molecule has 1 aromatic rings. The van der Waals surface area contributed by atoms with Gasteiger partial charge in [0.05, 0.1) is 5.56 Å². The van der Waals surface area contributed by atoms with Gasteiger partial charge < -0.3 is 10.2 Å². The second-order valence-electron chi connectivity index (χ2n) is 3.99. The predicted octanol–water partition coefficient (Wildman–Crippen LogP) is 2.45. The molecule has 0 aliphatic carbocycles. The van der Waals surface area contributed by atoms with Gasteiger partial charge in [0.15, 0.2) is 0 Å². The lowest BCUT2D eigenvalue weighted by atomic mass is 10.2. The zero-order valence-electron chi connectivity index (χ0n) is 9.79. The summed E-state index contributed by atoms with van der Waals surface area (Å²) in [7, 11) is 0. The summed E-state index contributed by atoms with van der Waals surface area (Å²) < 4.78 is 14.2. The molecule has 1 fully saturated rings. The molecule has 2 rings (SSSR count). The van der Waals surface area contributed by atoms with Crippen molar-refractivity contribution in [1.29, 1.82) is 0 Å². The number of nitrogens with one attached hydrogen (secondary N) is 1. The molecule has 0 atom stereocenters. The molecule has 100 valence electrons. The Balaban J connectivity index is 0.00000162. The zero-order valence-corrected chi connectivity index (χ0v) is 12.2. The molecule has 1 amide bonds. The second kappa shape index (κ2) is 7.07. The van der Waals surface area contributed by atoms with Crippen LogP contribution in [-0.4, -0.2) is 37.0 Å². The number of benzene rings is 1. The first-order valence-electron chi connectivity index (χ1n) is 5.64. The summed E-state index contributed by atoms with van der Waals surface area (Å²) >= 11 is 3.23. The van der Waals surface area contributed by atoms with E-state index in [1.165, 1.54) is 6.07 Å². The first kappa shape index (κ1) is 15.4.